The van der Waals surface area contributed by atoms with Gasteiger partial charge in [0.15, 0.2) is 9.83 Å². The third-order valence-corrected chi connectivity index (χ3v) is 2.92. The number of halogens is 1. The number of nitrogens with zero attached hydrogens (tertiary/aromatic N) is 1. The second-order valence-corrected chi connectivity index (χ2v) is 3.95. The zero-order valence-electron chi connectivity index (χ0n) is 6.55. The van der Waals surface area contributed by atoms with Crippen LogP contribution in [0.2, 0.25) is 5.02 Å². The summed E-state index contributed by atoms with van der Waals surface area (Å²) in [6, 6.07) is 7.27. The van der Waals surface area contributed by atoms with Crippen molar-refractivity contribution in [1.82, 2.24) is 0 Å². The Kier molecular flexibility index (Phi) is 2.53. The van der Waals surface area contributed by atoms with Gasteiger partial charge in [0.05, 0.1) is 0 Å². The van der Waals surface area contributed by atoms with Gasteiger partial charge in [0, 0.05) is 5.02 Å². The quantitative estimate of drug-likeness (QED) is 0.580. The fourth-order valence-electron chi connectivity index (χ4n) is 1.10. The van der Waals surface area contributed by atoms with Crippen molar-refractivity contribution in [2.75, 3.05) is 0 Å². The van der Waals surface area contributed by atoms with Crippen molar-refractivity contribution in [3.63, 3.8) is 0 Å². The van der Waals surface area contributed by atoms with Crippen LogP contribution < -0.4 is 0 Å². The molecule has 0 saturated carbocycles. The van der Waals surface area contributed by atoms with Crippen LogP contribution in [0.25, 0.3) is 0 Å². The van der Waals surface area contributed by atoms with Crippen LogP contribution in [0.1, 0.15) is 10.8 Å². The van der Waals surface area contributed by atoms with Crippen LogP contribution in [0.4, 0.5) is 0 Å². The molecule has 5 heteroatoms. The standard InChI is InChI=1S/C8H7ClNO2S/c9-6-3-1-5(2-4-6)7-8(11)12-10-13-7/h1-4,7-8,11H/q+1. The van der Waals surface area contributed by atoms with E-state index in [1.54, 1.807) is 12.1 Å². The highest BCUT2D eigenvalue weighted by atomic mass is 35.5. The topological polar surface area (TPSA) is 43.9 Å². The molecule has 0 amide bonds. The molecule has 0 radical (unpaired) electrons. The first-order valence-electron chi connectivity index (χ1n) is 3.73. The summed E-state index contributed by atoms with van der Waals surface area (Å²) in [7, 11) is 0. The monoisotopic (exact) mass is 216 g/mol. The van der Waals surface area contributed by atoms with Gasteiger partial charge in [0.25, 0.3) is 0 Å². The third kappa shape index (κ3) is 1.85. The second kappa shape index (κ2) is 3.65. The SMILES string of the molecule is OC1[O+]=NSC1c1ccc(Cl)cc1. The lowest BCUT2D eigenvalue weighted by Crippen LogP contribution is -2.09. The number of aliphatic hydroxyl groups is 1. The lowest BCUT2D eigenvalue weighted by molar-refractivity contribution is 0.218. The molecule has 3 nitrogen and oxygen atoms in total. The van der Waals surface area contributed by atoms with Crippen LogP contribution in [-0.4, -0.2) is 11.4 Å². The van der Waals surface area contributed by atoms with Crippen LogP contribution in [-0.2, 0) is 0 Å². The van der Waals surface area contributed by atoms with E-state index in [0.29, 0.717) is 5.02 Å². The average molecular weight is 217 g/mol. The van der Waals surface area contributed by atoms with Gasteiger partial charge in [-0.1, -0.05) is 28.3 Å². The van der Waals surface area contributed by atoms with Gasteiger partial charge < -0.3 is 5.11 Å². The second-order valence-electron chi connectivity index (χ2n) is 2.65. The molecule has 13 heavy (non-hydrogen) atoms. The zero-order valence-corrected chi connectivity index (χ0v) is 8.13. The lowest BCUT2D eigenvalue weighted by atomic mass is 10.1. The van der Waals surface area contributed by atoms with Crippen LogP contribution in [0.3, 0.4) is 0 Å². The molecular weight excluding hydrogens is 210 g/mol. The molecule has 0 spiro atoms. The van der Waals surface area contributed by atoms with E-state index in [0.717, 1.165) is 5.56 Å². The van der Waals surface area contributed by atoms with Gasteiger partial charge in [0.2, 0.25) is 0 Å². The van der Waals surface area contributed by atoms with Crippen LogP contribution in [0.5, 0.6) is 0 Å². The molecule has 1 aliphatic rings. The molecule has 0 bridgehead atoms. The van der Waals surface area contributed by atoms with Gasteiger partial charge in [-0.3, -0.25) is 0 Å². The fraction of sp³-hybridized carbons (Fsp3) is 0.250. The molecule has 2 rings (SSSR count). The van der Waals surface area contributed by atoms with E-state index in [-0.39, 0.29) is 5.25 Å². The maximum atomic E-state index is 9.34. The number of hydrogen-bond donors (Lipinski definition) is 1. The van der Waals surface area contributed by atoms with E-state index in [1.165, 1.54) is 11.9 Å². The van der Waals surface area contributed by atoms with Gasteiger partial charge in [0.1, 0.15) is 11.9 Å². The zero-order chi connectivity index (χ0) is 9.26. The third-order valence-electron chi connectivity index (χ3n) is 1.77. The minimum atomic E-state index is -0.855. The van der Waals surface area contributed by atoms with E-state index < -0.39 is 6.29 Å². The molecule has 0 fully saturated rings. The Morgan fingerprint density at radius 2 is 2.08 bits per heavy atom. The number of hydrogen-bond acceptors (Lipinski definition) is 3. The number of benzene rings is 1. The highest BCUT2D eigenvalue weighted by Gasteiger charge is 2.38. The number of rotatable bonds is 1. The molecule has 68 valence electrons. The molecule has 0 saturated heterocycles. The highest BCUT2D eigenvalue weighted by molar-refractivity contribution is 7.98. The normalized spacial score (nSPS) is 26.6. The molecule has 1 aliphatic heterocycles. The largest absolute Gasteiger partial charge is 0.438 e. The molecule has 0 aliphatic carbocycles. The Balaban J connectivity index is 2.21. The van der Waals surface area contributed by atoms with Gasteiger partial charge in [-0.05, 0) is 17.7 Å². The smallest absolute Gasteiger partial charge is 0.308 e. The Hall–Kier alpha value is -0.580. The summed E-state index contributed by atoms with van der Waals surface area (Å²) in [4.78, 5) is 0. The molecule has 1 aromatic rings. The number of nitroso groups, excluding NO2 is 1. The van der Waals surface area contributed by atoms with Crippen molar-refractivity contribution in [2.24, 2.45) is 4.58 Å². The van der Waals surface area contributed by atoms with Crippen molar-refractivity contribution in [3.8, 4) is 0 Å². The van der Waals surface area contributed by atoms with E-state index in [1.807, 2.05) is 12.1 Å². The summed E-state index contributed by atoms with van der Waals surface area (Å²) in [5.74, 6) is 0. The number of aliphatic hydroxyl groups excluding tert-OH is 1. The maximum absolute atomic E-state index is 9.34. The molecule has 1 aromatic carbocycles. The van der Waals surface area contributed by atoms with Crippen molar-refractivity contribution in [2.45, 2.75) is 11.5 Å². The first-order chi connectivity index (χ1) is 6.27. The molecule has 1 N–H and O–H groups in total. The van der Waals surface area contributed by atoms with Gasteiger partial charge in [-0.25, -0.2) is 0 Å². The van der Waals surface area contributed by atoms with E-state index in [9.17, 15) is 5.11 Å². The minimum Gasteiger partial charge on any atom is -0.308 e. The summed E-state index contributed by atoms with van der Waals surface area (Å²) >= 11 is 6.95. The van der Waals surface area contributed by atoms with Crippen molar-refractivity contribution >= 4 is 23.5 Å². The fourth-order valence-corrected chi connectivity index (χ4v) is 1.89. The summed E-state index contributed by atoms with van der Waals surface area (Å²) in [5, 5.41) is 9.88. The Labute approximate surface area is 84.5 Å². The molecular formula is C8H7ClNO2S+. The summed E-state index contributed by atoms with van der Waals surface area (Å²) in [6.45, 7) is 0. The van der Waals surface area contributed by atoms with Crippen LogP contribution in [0, 0.1) is 4.54 Å². The predicted molar refractivity (Wildman–Crippen MR) is 53.6 cm³/mol. The maximum Gasteiger partial charge on any atom is 0.438 e. The minimum absolute atomic E-state index is 0.141. The van der Waals surface area contributed by atoms with Crippen LogP contribution >= 0.6 is 23.5 Å². The molecule has 1 heterocycles. The Morgan fingerprint density at radius 3 is 2.62 bits per heavy atom. The first-order valence-corrected chi connectivity index (χ1v) is 4.94. The van der Waals surface area contributed by atoms with E-state index in [2.05, 4.69) is 9.12 Å². The molecule has 2 atom stereocenters. The summed E-state index contributed by atoms with van der Waals surface area (Å²) < 4.78 is 8.24. The van der Waals surface area contributed by atoms with Gasteiger partial charge in [-0.15, -0.1) is 0 Å². The first kappa shape index (κ1) is 8.99. The molecule has 0 aromatic heterocycles. The Bertz CT molecular complexity index is 327. The Morgan fingerprint density at radius 1 is 1.38 bits per heavy atom. The van der Waals surface area contributed by atoms with E-state index >= 15 is 0 Å². The van der Waals surface area contributed by atoms with Crippen molar-refractivity contribution in [3.05, 3.63) is 39.4 Å². The predicted octanol–water partition coefficient (Wildman–Crippen LogP) is 2.66. The lowest BCUT2D eigenvalue weighted by Gasteiger charge is -2.02. The average Bonchev–Trinajstić information content (AvgIpc) is 2.53. The highest BCUT2D eigenvalue weighted by Crippen LogP contribution is 2.38. The van der Waals surface area contributed by atoms with Crippen molar-refractivity contribution in [1.29, 1.82) is 0 Å². The van der Waals surface area contributed by atoms with Crippen molar-refractivity contribution < 1.29 is 5.11 Å². The summed E-state index contributed by atoms with van der Waals surface area (Å²) in [5.41, 5.74) is 0.961. The van der Waals surface area contributed by atoms with E-state index in [4.69, 9.17) is 11.6 Å². The van der Waals surface area contributed by atoms with Gasteiger partial charge in [-0.2, -0.15) is 0 Å². The van der Waals surface area contributed by atoms with Gasteiger partial charge >= 0.3 is 6.29 Å². The van der Waals surface area contributed by atoms with Crippen LogP contribution in [0.15, 0.2) is 28.8 Å². The summed E-state index contributed by atoms with van der Waals surface area (Å²) in [6.07, 6.45) is -0.855. The molecule has 2 unspecified atom stereocenters.